The van der Waals surface area contributed by atoms with Crippen LogP contribution >= 0.6 is 23.2 Å². The van der Waals surface area contributed by atoms with Crippen LogP contribution in [0.5, 0.6) is 0 Å². The normalized spacial score (nSPS) is 14.6. The van der Waals surface area contributed by atoms with E-state index in [4.69, 9.17) is 28.2 Å². The van der Waals surface area contributed by atoms with Crippen molar-refractivity contribution < 1.29 is 4.79 Å². The highest BCUT2D eigenvalue weighted by atomic mass is 35.5. The van der Waals surface area contributed by atoms with Gasteiger partial charge in [-0.15, -0.1) is 0 Å². The van der Waals surface area contributed by atoms with Gasteiger partial charge in [-0.3, -0.25) is 4.79 Å². The zero-order valence-electron chi connectivity index (χ0n) is 15.0. The molecule has 2 heterocycles. The Bertz CT molecular complexity index is 1010. The molecule has 2 aromatic carbocycles. The van der Waals surface area contributed by atoms with Crippen LogP contribution in [0.1, 0.15) is 15.9 Å². The Morgan fingerprint density at radius 3 is 2.44 bits per heavy atom. The van der Waals surface area contributed by atoms with Crippen molar-refractivity contribution in [2.24, 2.45) is 0 Å². The zero-order valence-corrected chi connectivity index (χ0v) is 16.5. The molecule has 1 aliphatic rings. The summed E-state index contributed by atoms with van der Waals surface area (Å²) in [5, 5.41) is 2.03. The SMILES string of the molecule is Cc1cc(N2CCN(C(=O)c3ccc(Cl)c(Cl)c3)CC2)nc2ccccc12. The zero-order chi connectivity index (χ0) is 19.0. The number of amides is 1. The molecule has 4 nitrogen and oxygen atoms in total. The summed E-state index contributed by atoms with van der Waals surface area (Å²) >= 11 is 12.0. The van der Waals surface area contributed by atoms with Gasteiger partial charge in [-0.05, 0) is 42.8 Å². The van der Waals surface area contributed by atoms with E-state index in [0.717, 1.165) is 24.4 Å². The van der Waals surface area contributed by atoms with Gasteiger partial charge in [0.25, 0.3) is 5.91 Å². The van der Waals surface area contributed by atoms with Gasteiger partial charge >= 0.3 is 0 Å². The largest absolute Gasteiger partial charge is 0.353 e. The maximum Gasteiger partial charge on any atom is 0.254 e. The van der Waals surface area contributed by atoms with Gasteiger partial charge in [0, 0.05) is 37.1 Å². The van der Waals surface area contributed by atoms with Crippen molar-refractivity contribution >= 4 is 45.8 Å². The fourth-order valence-electron chi connectivity index (χ4n) is 3.44. The lowest BCUT2D eigenvalue weighted by Gasteiger charge is -2.35. The Morgan fingerprint density at radius 2 is 1.70 bits per heavy atom. The first-order valence-electron chi connectivity index (χ1n) is 8.88. The van der Waals surface area contributed by atoms with Gasteiger partial charge < -0.3 is 9.80 Å². The number of carbonyl (C=O) groups excluding carboxylic acids is 1. The fourth-order valence-corrected chi connectivity index (χ4v) is 3.74. The number of piperazine rings is 1. The summed E-state index contributed by atoms with van der Waals surface area (Å²) < 4.78 is 0. The van der Waals surface area contributed by atoms with Crippen molar-refractivity contribution in [1.82, 2.24) is 9.88 Å². The molecule has 3 aromatic rings. The molecule has 0 atom stereocenters. The molecule has 27 heavy (non-hydrogen) atoms. The number of benzene rings is 2. The highest BCUT2D eigenvalue weighted by Crippen LogP contribution is 2.25. The third-order valence-electron chi connectivity index (χ3n) is 4.97. The van der Waals surface area contributed by atoms with Crippen LogP contribution in [0.15, 0.2) is 48.5 Å². The third kappa shape index (κ3) is 3.60. The first-order valence-corrected chi connectivity index (χ1v) is 9.64. The number of hydrogen-bond acceptors (Lipinski definition) is 3. The van der Waals surface area contributed by atoms with Crippen LogP contribution in [-0.2, 0) is 0 Å². The predicted molar refractivity (Wildman–Crippen MR) is 111 cm³/mol. The van der Waals surface area contributed by atoms with E-state index in [1.54, 1.807) is 18.2 Å². The number of hydrogen-bond donors (Lipinski definition) is 0. The van der Waals surface area contributed by atoms with Crippen molar-refractivity contribution in [3.63, 3.8) is 0 Å². The van der Waals surface area contributed by atoms with Gasteiger partial charge in [0.1, 0.15) is 5.82 Å². The smallest absolute Gasteiger partial charge is 0.254 e. The third-order valence-corrected chi connectivity index (χ3v) is 5.71. The Hall–Kier alpha value is -2.30. The van der Waals surface area contributed by atoms with Gasteiger partial charge in [0.15, 0.2) is 0 Å². The monoisotopic (exact) mass is 399 g/mol. The highest BCUT2D eigenvalue weighted by Gasteiger charge is 2.23. The summed E-state index contributed by atoms with van der Waals surface area (Å²) in [7, 11) is 0. The molecule has 1 amide bonds. The number of carbonyl (C=O) groups is 1. The van der Waals surface area contributed by atoms with Crippen LogP contribution in [0.25, 0.3) is 10.9 Å². The standard InChI is InChI=1S/C21H19Cl2N3O/c1-14-12-20(24-19-5-3-2-4-16(14)19)25-8-10-26(11-9-25)21(27)15-6-7-17(22)18(23)13-15/h2-7,12-13H,8-11H2,1H3. The second kappa shape index (κ2) is 7.37. The number of fused-ring (bicyclic) bond motifs is 1. The lowest BCUT2D eigenvalue weighted by molar-refractivity contribution is 0.0746. The van der Waals surface area contributed by atoms with Crippen molar-refractivity contribution in [3.05, 3.63) is 69.7 Å². The molecule has 6 heteroatoms. The predicted octanol–water partition coefficient (Wildman–Crippen LogP) is 4.81. The quantitative estimate of drug-likeness (QED) is 0.619. The van der Waals surface area contributed by atoms with Gasteiger partial charge in [0.2, 0.25) is 0 Å². The second-order valence-electron chi connectivity index (χ2n) is 6.72. The molecule has 1 fully saturated rings. The minimum atomic E-state index is -0.0177. The average molecular weight is 400 g/mol. The van der Waals surface area contributed by atoms with Gasteiger partial charge in [-0.1, -0.05) is 41.4 Å². The van der Waals surface area contributed by atoms with E-state index >= 15 is 0 Å². The molecule has 0 unspecified atom stereocenters. The molecule has 0 radical (unpaired) electrons. The van der Waals surface area contributed by atoms with Crippen molar-refractivity contribution in [2.45, 2.75) is 6.92 Å². The Kier molecular flexibility index (Phi) is 4.94. The molecule has 1 aromatic heterocycles. The summed E-state index contributed by atoms with van der Waals surface area (Å²) in [4.78, 5) is 21.6. The van der Waals surface area contributed by atoms with E-state index in [9.17, 15) is 4.79 Å². The number of anilines is 1. The summed E-state index contributed by atoms with van der Waals surface area (Å²) in [6.07, 6.45) is 0. The average Bonchev–Trinajstić information content (AvgIpc) is 2.69. The number of para-hydroxylation sites is 1. The first kappa shape index (κ1) is 18.1. The Labute approximate surface area is 168 Å². The van der Waals surface area contributed by atoms with E-state index in [2.05, 4.69) is 24.0 Å². The van der Waals surface area contributed by atoms with E-state index in [1.807, 2.05) is 23.1 Å². The topological polar surface area (TPSA) is 36.4 Å². The second-order valence-corrected chi connectivity index (χ2v) is 7.54. The van der Waals surface area contributed by atoms with E-state index in [-0.39, 0.29) is 5.91 Å². The van der Waals surface area contributed by atoms with Crippen LogP contribution in [0, 0.1) is 6.92 Å². The van der Waals surface area contributed by atoms with Gasteiger partial charge in [-0.25, -0.2) is 4.98 Å². The highest BCUT2D eigenvalue weighted by molar-refractivity contribution is 6.42. The number of rotatable bonds is 2. The maximum absolute atomic E-state index is 12.7. The van der Waals surface area contributed by atoms with Crippen LogP contribution in [0.4, 0.5) is 5.82 Å². The number of pyridine rings is 1. The van der Waals surface area contributed by atoms with Crippen LogP contribution in [0.2, 0.25) is 10.0 Å². The molecule has 0 aliphatic carbocycles. The molecular formula is C21H19Cl2N3O. The molecule has 0 N–H and O–H groups in total. The maximum atomic E-state index is 12.7. The van der Waals surface area contributed by atoms with Crippen LogP contribution in [0.3, 0.4) is 0 Å². The number of halogens is 2. The lowest BCUT2D eigenvalue weighted by Crippen LogP contribution is -2.49. The lowest BCUT2D eigenvalue weighted by atomic mass is 10.1. The Balaban J connectivity index is 1.49. The molecule has 0 saturated carbocycles. The molecular weight excluding hydrogens is 381 g/mol. The minimum Gasteiger partial charge on any atom is -0.353 e. The molecule has 0 bridgehead atoms. The number of nitrogens with zero attached hydrogens (tertiary/aromatic N) is 3. The Morgan fingerprint density at radius 1 is 0.963 bits per heavy atom. The van der Waals surface area contributed by atoms with Crippen molar-refractivity contribution in [1.29, 1.82) is 0 Å². The summed E-state index contributed by atoms with van der Waals surface area (Å²) in [5.74, 6) is 0.948. The summed E-state index contributed by atoms with van der Waals surface area (Å²) in [5.41, 5.74) is 2.78. The molecule has 1 saturated heterocycles. The minimum absolute atomic E-state index is 0.0177. The van der Waals surface area contributed by atoms with Crippen molar-refractivity contribution in [2.75, 3.05) is 31.1 Å². The molecule has 138 valence electrons. The number of aromatic nitrogens is 1. The van der Waals surface area contributed by atoms with Gasteiger partial charge in [-0.2, -0.15) is 0 Å². The summed E-state index contributed by atoms with van der Waals surface area (Å²) in [6.45, 7) is 4.90. The summed E-state index contributed by atoms with van der Waals surface area (Å²) in [6, 6.07) is 15.3. The van der Waals surface area contributed by atoms with Crippen LogP contribution < -0.4 is 4.90 Å². The fraction of sp³-hybridized carbons (Fsp3) is 0.238. The molecule has 0 spiro atoms. The van der Waals surface area contributed by atoms with Crippen LogP contribution in [-0.4, -0.2) is 42.0 Å². The van der Waals surface area contributed by atoms with Crippen molar-refractivity contribution in [3.8, 4) is 0 Å². The van der Waals surface area contributed by atoms with E-state index in [1.165, 1.54) is 10.9 Å². The van der Waals surface area contributed by atoms with E-state index in [0.29, 0.717) is 28.7 Å². The number of aryl methyl sites for hydroxylation is 1. The van der Waals surface area contributed by atoms with Gasteiger partial charge in [0.05, 0.1) is 15.6 Å². The van der Waals surface area contributed by atoms with E-state index < -0.39 is 0 Å². The molecule has 4 rings (SSSR count). The first-order chi connectivity index (χ1) is 13.0. The molecule has 1 aliphatic heterocycles.